The van der Waals surface area contributed by atoms with Gasteiger partial charge < -0.3 is 14.6 Å². The van der Waals surface area contributed by atoms with E-state index in [0.717, 1.165) is 18.6 Å². The molecule has 138 valence electrons. The molecule has 0 spiro atoms. The fourth-order valence-corrected chi connectivity index (χ4v) is 2.84. The largest absolute Gasteiger partial charge is 0.508 e. The molecule has 1 N–H and O–H groups in total. The molecule has 0 aliphatic rings. The zero-order valence-corrected chi connectivity index (χ0v) is 15.4. The van der Waals surface area contributed by atoms with E-state index in [1.165, 1.54) is 41.0 Å². The highest BCUT2D eigenvalue weighted by molar-refractivity contribution is 5.91. The third-order valence-electron chi connectivity index (χ3n) is 4.47. The van der Waals surface area contributed by atoms with Crippen LogP contribution < -0.4 is 9.47 Å². The van der Waals surface area contributed by atoms with E-state index in [1.54, 1.807) is 19.2 Å². The molecule has 0 saturated carbocycles. The van der Waals surface area contributed by atoms with Gasteiger partial charge in [-0.2, -0.15) is 0 Å². The maximum Gasteiger partial charge on any atom is 0.343 e. The molecule has 0 unspecified atom stereocenters. The molecule has 0 saturated heterocycles. The lowest BCUT2D eigenvalue weighted by atomic mass is 10.0. The first-order valence-electron chi connectivity index (χ1n) is 8.79. The number of hydrogen-bond acceptors (Lipinski definition) is 4. The fourth-order valence-electron chi connectivity index (χ4n) is 2.84. The number of phenols is 1. The number of rotatable bonds is 6. The van der Waals surface area contributed by atoms with Crippen LogP contribution in [0.4, 0.5) is 0 Å². The number of benzene rings is 3. The minimum absolute atomic E-state index is 0.114. The Labute approximate surface area is 159 Å². The molecule has 0 radical (unpaired) electrons. The first kappa shape index (κ1) is 18.5. The van der Waals surface area contributed by atoms with Gasteiger partial charge in [-0.3, -0.25) is 0 Å². The van der Waals surface area contributed by atoms with Gasteiger partial charge in [0.15, 0.2) is 0 Å². The quantitative estimate of drug-likeness (QED) is 0.509. The molecule has 4 nitrogen and oxygen atoms in total. The van der Waals surface area contributed by atoms with Crippen LogP contribution in [0.2, 0.25) is 0 Å². The van der Waals surface area contributed by atoms with Crippen molar-refractivity contribution in [3.63, 3.8) is 0 Å². The van der Waals surface area contributed by atoms with Gasteiger partial charge in [0.25, 0.3) is 0 Å². The van der Waals surface area contributed by atoms with Gasteiger partial charge in [-0.1, -0.05) is 18.2 Å². The monoisotopic (exact) mass is 362 g/mol. The lowest BCUT2D eigenvalue weighted by Gasteiger charge is -2.09. The summed E-state index contributed by atoms with van der Waals surface area (Å²) < 4.78 is 10.6. The highest BCUT2D eigenvalue weighted by Gasteiger charge is 2.08. The van der Waals surface area contributed by atoms with Gasteiger partial charge in [0.2, 0.25) is 0 Å². The molecule has 0 aromatic heterocycles. The molecule has 0 fully saturated rings. The Balaban J connectivity index is 1.58. The van der Waals surface area contributed by atoms with Gasteiger partial charge >= 0.3 is 5.97 Å². The van der Waals surface area contributed by atoms with Crippen LogP contribution in [0.3, 0.4) is 0 Å². The minimum atomic E-state index is -0.448. The molecule has 0 amide bonds. The predicted octanol–water partition coefficient (Wildman–Crippen LogP) is 4.71. The summed E-state index contributed by atoms with van der Waals surface area (Å²) in [6.07, 6.45) is 1.84. The summed E-state index contributed by atoms with van der Waals surface area (Å²) in [5.41, 5.74) is 4.08. The standard InChI is InChI=1S/C23H22O4/c1-16-15-22(26-2)14-9-18(16)6-3-17-4-12-21(13-5-17)27-23(25)19-7-10-20(24)11-8-19/h4-5,7-15,24H,3,6H2,1-2H3. The number of esters is 1. The maximum atomic E-state index is 12.1. The van der Waals surface area contributed by atoms with E-state index in [4.69, 9.17) is 9.47 Å². The highest BCUT2D eigenvalue weighted by Crippen LogP contribution is 2.20. The SMILES string of the molecule is COc1ccc(CCc2ccc(OC(=O)c3ccc(O)cc3)cc2)c(C)c1. The molecular weight excluding hydrogens is 340 g/mol. The van der Waals surface area contributed by atoms with Crippen molar-refractivity contribution in [1.29, 1.82) is 0 Å². The van der Waals surface area contributed by atoms with Crippen molar-refractivity contribution in [3.8, 4) is 17.2 Å². The Morgan fingerprint density at radius 3 is 2.19 bits per heavy atom. The van der Waals surface area contributed by atoms with E-state index in [0.29, 0.717) is 11.3 Å². The van der Waals surface area contributed by atoms with E-state index in [9.17, 15) is 9.90 Å². The molecule has 0 aliphatic heterocycles. The number of carbonyl (C=O) groups is 1. The summed E-state index contributed by atoms with van der Waals surface area (Å²) in [6.45, 7) is 2.09. The summed E-state index contributed by atoms with van der Waals surface area (Å²) >= 11 is 0. The molecule has 27 heavy (non-hydrogen) atoms. The van der Waals surface area contributed by atoms with Crippen molar-refractivity contribution in [2.75, 3.05) is 7.11 Å². The molecule has 4 heteroatoms. The van der Waals surface area contributed by atoms with Crippen LogP contribution in [-0.4, -0.2) is 18.2 Å². The van der Waals surface area contributed by atoms with Crippen molar-refractivity contribution in [1.82, 2.24) is 0 Å². The van der Waals surface area contributed by atoms with Crippen LogP contribution in [0.25, 0.3) is 0 Å². The number of aryl methyl sites for hydroxylation is 3. The first-order chi connectivity index (χ1) is 13.0. The molecule has 3 rings (SSSR count). The van der Waals surface area contributed by atoms with E-state index < -0.39 is 5.97 Å². The van der Waals surface area contributed by atoms with Crippen molar-refractivity contribution in [2.45, 2.75) is 19.8 Å². The third-order valence-corrected chi connectivity index (χ3v) is 4.47. The van der Waals surface area contributed by atoms with Gasteiger partial charge in [0, 0.05) is 0 Å². The number of carbonyl (C=O) groups excluding carboxylic acids is 1. The second-order valence-corrected chi connectivity index (χ2v) is 6.37. The van der Waals surface area contributed by atoms with Crippen LogP contribution in [0.5, 0.6) is 17.2 Å². The number of hydrogen-bond donors (Lipinski definition) is 1. The molecule has 3 aromatic rings. The molecule has 3 aromatic carbocycles. The summed E-state index contributed by atoms with van der Waals surface area (Å²) in [5, 5.41) is 9.28. The number of ether oxygens (including phenoxy) is 2. The minimum Gasteiger partial charge on any atom is -0.508 e. The summed E-state index contributed by atoms with van der Waals surface area (Å²) in [5.74, 6) is 1.04. The van der Waals surface area contributed by atoms with Crippen molar-refractivity contribution in [2.24, 2.45) is 0 Å². The van der Waals surface area contributed by atoms with Crippen LogP contribution in [-0.2, 0) is 12.8 Å². The maximum absolute atomic E-state index is 12.1. The van der Waals surface area contributed by atoms with E-state index >= 15 is 0 Å². The fraction of sp³-hybridized carbons (Fsp3) is 0.174. The van der Waals surface area contributed by atoms with Crippen molar-refractivity contribution in [3.05, 3.63) is 89.0 Å². The summed E-state index contributed by atoms with van der Waals surface area (Å²) in [4.78, 5) is 12.1. The van der Waals surface area contributed by atoms with Gasteiger partial charge in [-0.25, -0.2) is 4.79 Å². The number of phenolic OH excluding ortho intramolecular Hbond substituents is 1. The van der Waals surface area contributed by atoms with Crippen LogP contribution in [0.1, 0.15) is 27.0 Å². The van der Waals surface area contributed by atoms with Crippen LogP contribution >= 0.6 is 0 Å². The number of aromatic hydroxyl groups is 1. The Hall–Kier alpha value is -3.27. The van der Waals surface area contributed by atoms with E-state index in [2.05, 4.69) is 13.0 Å². The molecule has 0 bridgehead atoms. The Morgan fingerprint density at radius 1 is 0.889 bits per heavy atom. The third kappa shape index (κ3) is 4.88. The molecular formula is C23H22O4. The molecule has 0 atom stereocenters. The summed E-state index contributed by atoms with van der Waals surface area (Å²) in [6, 6.07) is 19.6. The highest BCUT2D eigenvalue weighted by atomic mass is 16.5. The van der Waals surface area contributed by atoms with Gasteiger partial charge in [-0.05, 0) is 85.0 Å². The van der Waals surface area contributed by atoms with E-state index in [-0.39, 0.29) is 5.75 Å². The average Bonchev–Trinajstić information content (AvgIpc) is 2.68. The zero-order chi connectivity index (χ0) is 19.2. The van der Waals surface area contributed by atoms with Crippen LogP contribution in [0.15, 0.2) is 66.7 Å². The normalized spacial score (nSPS) is 10.4. The van der Waals surface area contributed by atoms with Gasteiger partial charge in [0.05, 0.1) is 12.7 Å². The Morgan fingerprint density at radius 2 is 1.56 bits per heavy atom. The zero-order valence-electron chi connectivity index (χ0n) is 15.4. The second kappa shape index (κ2) is 8.41. The van der Waals surface area contributed by atoms with Crippen molar-refractivity contribution < 1.29 is 19.4 Å². The Bertz CT molecular complexity index is 912. The van der Waals surface area contributed by atoms with Gasteiger partial charge in [-0.15, -0.1) is 0 Å². The average molecular weight is 362 g/mol. The molecule has 0 aliphatic carbocycles. The van der Waals surface area contributed by atoms with Gasteiger partial charge in [0.1, 0.15) is 17.2 Å². The lowest BCUT2D eigenvalue weighted by molar-refractivity contribution is 0.0734. The van der Waals surface area contributed by atoms with Crippen LogP contribution in [0, 0.1) is 6.92 Å². The number of methoxy groups -OCH3 is 1. The first-order valence-corrected chi connectivity index (χ1v) is 8.79. The Kier molecular flexibility index (Phi) is 5.77. The van der Waals surface area contributed by atoms with Crippen molar-refractivity contribution >= 4 is 5.97 Å². The van der Waals surface area contributed by atoms with E-state index in [1.807, 2.05) is 24.3 Å². The topological polar surface area (TPSA) is 55.8 Å². The lowest BCUT2D eigenvalue weighted by Crippen LogP contribution is -2.08. The second-order valence-electron chi connectivity index (χ2n) is 6.37. The molecule has 0 heterocycles. The summed E-state index contributed by atoms with van der Waals surface area (Å²) in [7, 11) is 1.67. The predicted molar refractivity (Wildman–Crippen MR) is 105 cm³/mol. The smallest absolute Gasteiger partial charge is 0.343 e.